The standard InChI is InChI=1S/C88H52O2/c1-2-17-56-44-61(39-36-53(56)16-1)54-34-37-55(38-35-54)85-68-25-5-7-27-70(68)87(71-28-8-6-26-69(71)85)66-41-43-82-78(50-66)80-48-63-23-15-33-67(76(63)52-84(80)90-82)62-22-13-20-57(45-62)58-21-14-24-64(46-58)86-72-29-9-11-31-74(72)88(75-32-12-10-30-73(75)86)65-40-42-81-77(49-65)79-47-59-18-3-4-19-60(59)51-83(79)89-81/h1-52H. The van der Waals surface area contributed by atoms with Gasteiger partial charge in [-0.2, -0.15) is 0 Å². The number of furan rings is 2. The molecule has 0 radical (unpaired) electrons. The molecule has 0 aliphatic heterocycles. The molecule has 2 heteroatoms. The van der Waals surface area contributed by atoms with Gasteiger partial charge in [-0.3, -0.25) is 0 Å². The van der Waals surface area contributed by atoms with Gasteiger partial charge in [0.25, 0.3) is 0 Å². The van der Waals surface area contributed by atoms with Crippen LogP contribution in [0.1, 0.15) is 0 Å². The van der Waals surface area contributed by atoms with Crippen LogP contribution in [0.2, 0.25) is 0 Å². The molecule has 0 saturated carbocycles. The predicted octanol–water partition coefficient (Wildman–Crippen LogP) is 25.2. The highest BCUT2D eigenvalue weighted by molar-refractivity contribution is 6.25. The van der Waals surface area contributed by atoms with Gasteiger partial charge < -0.3 is 8.83 Å². The van der Waals surface area contributed by atoms with Crippen molar-refractivity contribution in [1.82, 2.24) is 0 Å². The smallest absolute Gasteiger partial charge is 0.136 e. The van der Waals surface area contributed by atoms with E-state index in [2.05, 4.69) is 315 Å². The van der Waals surface area contributed by atoms with Gasteiger partial charge in [0.05, 0.1) is 0 Å². The van der Waals surface area contributed by atoms with Crippen LogP contribution in [0.5, 0.6) is 0 Å². The Balaban J connectivity index is 0.680. The molecular weight excluding hydrogens is 1090 g/mol. The van der Waals surface area contributed by atoms with Gasteiger partial charge in [0.2, 0.25) is 0 Å². The summed E-state index contributed by atoms with van der Waals surface area (Å²) in [6.07, 6.45) is 0. The molecular formula is C88H52O2. The maximum Gasteiger partial charge on any atom is 0.136 e. The van der Waals surface area contributed by atoms with Crippen LogP contribution in [0.25, 0.3) is 197 Å². The molecule has 0 unspecified atom stereocenters. The van der Waals surface area contributed by atoms with Crippen molar-refractivity contribution >= 4 is 119 Å². The van der Waals surface area contributed by atoms with E-state index in [1.54, 1.807) is 0 Å². The van der Waals surface area contributed by atoms with Crippen molar-refractivity contribution in [3.63, 3.8) is 0 Å². The number of benzene rings is 17. The van der Waals surface area contributed by atoms with E-state index in [0.717, 1.165) is 77.1 Å². The summed E-state index contributed by atoms with van der Waals surface area (Å²) in [6.45, 7) is 0. The van der Waals surface area contributed by atoms with Crippen molar-refractivity contribution < 1.29 is 8.83 Å². The Hall–Kier alpha value is -11.8. The fraction of sp³-hybridized carbons (Fsp3) is 0. The lowest BCUT2D eigenvalue weighted by atomic mass is 9.85. The van der Waals surface area contributed by atoms with Crippen molar-refractivity contribution in [3.8, 4) is 77.9 Å². The number of hydrogen-bond donors (Lipinski definition) is 0. The van der Waals surface area contributed by atoms with Crippen LogP contribution in [0, 0.1) is 0 Å². The van der Waals surface area contributed by atoms with E-state index >= 15 is 0 Å². The number of hydrogen-bond acceptors (Lipinski definition) is 2. The molecule has 416 valence electrons. The molecule has 0 fully saturated rings. The Morgan fingerprint density at radius 1 is 0.144 bits per heavy atom. The molecule has 0 saturated heterocycles. The van der Waals surface area contributed by atoms with Crippen LogP contribution in [0.15, 0.2) is 324 Å². The van der Waals surface area contributed by atoms with Crippen LogP contribution in [0.4, 0.5) is 0 Å². The Labute approximate surface area is 518 Å². The van der Waals surface area contributed by atoms with Gasteiger partial charge in [-0.15, -0.1) is 0 Å². The van der Waals surface area contributed by atoms with E-state index in [1.807, 2.05) is 0 Å². The van der Waals surface area contributed by atoms with Crippen LogP contribution < -0.4 is 0 Å². The molecule has 19 rings (SSSR count). The van der Waals surface area contributed by atoms with E-state index in [0.29, 0.717) is 0 Å². The first-order valence-electron chi connectivity index (χ1n) is 31.0. The van der Waals surface area contributed by atoms with Crippen molar-refractivity contribution in [2.45, 2.75) is 0 Å². The molecule has 0 N–H and O–H groups in total. The molecule has 0 bridgehead atoms. The molecule has 90 heavy (non-hydrogen) atoms. The Morgan fingerprint density at radius 3 is 1.03 bits per heavy atom. The third-order valence-electron chi connectivity index (χ3n) is 19.2. The van der Waals surface area contributed by atoms with Crippen LogP contribution in [-0.2, 0) is 0 Å². The number of fused-ring (bicyclic) bond motifs is 13. The highest BCUT2D eigenvalue weighted by Gasteiger charge is 2.22. The average Bonchev–Trinajstić information content (AvgIpc) is 1.09. The maximum absolute atomic E-state index is 6.84. The van der Waals surface area contributed by atoms with Gasteiger partial charge >= 0.3 is 0 Å². The first-order chi connectivity index (χ1) is 44.6. The SMILES string of the molecule is c1cc(-c2cccc(-c3c4ccccc4c(-c4ccc5oc6cc7ccccc7cc6c5c4)c4ccccc34)c2)cc(-c2cccc3cc4c(cc23)oc2ccc(-c3c5ccccc5c(-c5ccc(-c6ccc7ccccc7c6)cc5)c5ccccc35)cc24)c1. The second-order valence-electron chi connectivity index (χ2n) is 24.2. The highest BCUT2D eigenvalue weighted by atomic mass is 16.3. The summed E-state index contributed by atoms with van der Waals surface area (Å²) in [4.78, 5) is 0. The summed E-state index contributed by atoms with van der Waals surface area (Å²) < 4.78 is 13.3. The van der Waals surface area contributed by atoms with E-state index in [9.17, 15) is 0 Å². The quantitative estimate of drug-likeness (QED) is 0.149. The molecule has 0 aliphatic rings. The van der Waals surface area contributed by atoms with Crippen LogP contribution >= 0.6 is 0 Å². The molecule has 0 aliphatic carbocycles. The predicted molar refractivity (Wildman–Crippen MR) is 382 cm³/mol. The zero-order valence-corrected chi connectivity index (χ0v) is 48.8. The molecule has 17 aromatic carbocycles. The minimum atomic E-state index is 0.873. The average molecular weight is 1140 g/mol. The van der Waals surface area contributed by atoms with E-state index < -0.39 is 0 Å². The number of rotatable bonds is 7. The van der Waals surface area contributed by atoms with Crippen molar-refractivity contribution in [3.05, 3.63) is 315 Å². The van der Waals surface area contributed by atoms with Crippen LogP contribution in [0.3, 0.4) is 0 Å². The molecule has 2 heterocycles. The van der Waals surface area contributed by atoms with Crippen molar-refractivity contribution in [2.24, 2.45) is 0 Å². The van der Waals surface area contributed by atoms with E-state index in [-0.39, 0.29) is 0 Å². The van der Waals surface area contributed by atoms with Gasteiger partial charge in [-0.25, -0.2) is 0 Å². The molecule has 19 aromatic rings. The fourth-order valence-electron chi connectivity index (χ4n) is 15.0. The first-order valence-corrected chi connectivity index (χ1v) is 31.0. The van der Waals surface area contributed by atoms with E-state index in [1.165, 1.54) is 120 Å². The highest BCUT2D eigenvalue weighted by Crippen LogP contribution is 2.49. The van der Waals surface area contributed by atoms with Gasteiger partial charge in [0, 0.05) is 21.5 Å². The first kappa shape index (κ1) is 50.3. The van der Waals surface area contributed by atoms with Crippen LogP contribution in [-0.4, -0.2) is 0 Å². The summed E-state index contributed by atoms with van der Waals surface area (Å²) >= 11 is 0. The second-order valence-corrected chi connectivity index (χ2v) is 24.2. The van der Waals surface area contributed by atoms with Crippen molar-refractivity contribution in [2.75, 3.05) is 0 Å². The third kappa shape index (κ3) is 7.91. The summed E-state index contributed by atoms with van der Waals surface area (Å²) in [5, 5.41) is 21.5. The lowest BCUT2D eigenvalue weighted by Crippen LogP contribution is -1.91. The Kier molecular flexibility index (Phi) is 11.1. The second kappa shape index (κ2) is 19.8. The fourth-order valence-corrected chi connectivity index (χ4v) is 15.0. The lowest BCUT2D eigenvalue weighted by molar-refractivity contribution is 0.669. The molecule has 2 nitrogen and oxygen atoms in total. The Bertz CT molecular complexity index is 6100. The van der Waals surface area contributed by atoms with Gasteiger partial charge in [0.1, 0.15) is 22.3 Å². The van der Waals surface area contributed by atoms with Gasteiger partial charge in [-0.05, 0) is 220 Å². The minimum Gasteiger partial charge on any atom is -0.456 e. The summed E-state index contributed by atoms with van der Waals surface area (Å²) in [5.74, 6) is 0. The Morgan fingerprint density at radius 2 is 0.489 bits per heavy atom. The molecule has 2 aromatic heterocycles. The summed E-state index contributed by atoms with van der Waals surface area (Å²) in [5.41, 5.74) is 20.3. The lowest BCUT2D eigenvalue weighted by Gasteiger charge is -2.18. The zero-order chi connectivity index (χ0) is 59.0. The molecule has 0 amide bonds. The van der Waals surface area contributed by atoms with Gasteiger partial charge in [-0.1, -0.05) is 249 Å². The molecule has 0 atom stereocenters. The normalized spacial score (nSPS) is 12.0. The third-order valence-corrected chi connectivity index (χ3v) is 19.2. The maximum atomic E-state index is 6.84. The topological polar surface area (TPSA) is 26.3 Å². The summed E-state index contributed by atoms with van der Waals surface area (Å²) in [7, 11) is 0. The monoisotopic (exact) mass is 1140 g/mol. The zero-order valence-electron chi connectivity index (χ0n) is 48.8. The molecule has 0 spiro atoms. The van der Waals surface area contributed by atoms with Gasteiger partial charge in [0.15, 0.2) is 0 Å². The minimum absolute atomic E-state index is 0.873. The largest absolute Gasteiger partial charge is 0.456 e. The van der Waals surface area contributed by atoms with E-state index in [4.69, 9.17) is 8.83 Å². The summed E-state index contributed by atoms with van der Waals surface area (Å²) in [6, 6.07) is 116. The van der Waals surface area contributed by atoms with Crippen molar-refractivity contribution in [1.29, 1.82) is 0 Å².